The van der Waals surface area contributed by atoms with Crippen LogP contribution >= 0.6 is 11.6 Å². The van der Waals surface area contributed by atoms with Gasteiger partial charge in [-0.25, -0.2) is 4.39 Å². The summed E-state index contributed by atoms with van der Waals surface area (Å²) in [6.07, 6.45) is 4.73. The highest BCUT2D eigenvalue weighted by atomic mass is 35.5. The van der Waals surface area contributed by atoms with E-state index in [1.165, 1.54) is 0 Å². The first-order valence-electron chi connectivity index (χ1n) is 6.28. The number of nitrogens with zero attached hydrogens (tertiary/aromatic N) is 2. The standard InChI is InChI=1S/C14H17ClFN3/c1-3-13(17-2)11-7-18-19(9-11)8-10-5-4-6-12(15)14(10)16/h4-7,9,13,17H,3,8H2,1-2H3. The van der Waals surface area contributed by atoms with Gasteiger partial charge in [-0.3, -0.25) is 4.68 Å². The largest absolute Gasteiger partial charge is 0.313 e. The van der Waals surface area contributed by atoms with Crippen molar-refractivity contribution in [2.24, 2.45) is 0 Å². The van der Waals surface area contributed by atoms with Crippen molar-refractivity contribution in [2.45, 2.75) is 25.9 Å². The highest BCUT2D eigenvalue weighted by Crippen LogP contribution is 2.20. The van der Waals surface area contributed by atoms with Gasteiger partial charge >= 0.3 is 0 Å². The molecule has 0 aliphatic heterocycles. The van der Waals surface area contributed by atoms with E-state index in [1.807, 2.05) is 19.4 Å². The number of nitrogens with one attached hydrogen (secondary N) is 1. The first-order chi connectivity index (χ1) is 9.15. The Labute approximate surface area is 117 Å². The molecule has 0 saturated carbocycles. The van der Waals surface area contributed by atoms with Crippen molar-refractivity contribution in [3.8, 4) is 0 Å². The summed E-state index contributed by atoms with van der Waals surface area (Å²) in [4.78, 5) is 0. The van der Waals surface area contributed by atoms with E-state index in [0.717, 1.165) is 12.0 Å². The minimum atomic E-state index is -0.373. The fourth-order valence-electron chi connectivity index (χ4n) is 2.10. The van der Waals surface area contributed by atoms with Crippen LogP contribution in [0.15, 0.2) is 30.6 Å². The van der Waals surface area contributed by atoms with Crippen LogP contribution in [0.3, 0.4) is 0 Å². The zero-order chi connectivity index (χ0) is 13.8. The molecule has 0 aliphatic rings. The van der Waals surface area contributed by atoms with E-state index in [1.54, 1.807) is 22.9 Å². The molecule has 0 amide bonds. The summed E-state index contributed by atoms with van der Waals surface area (Å²) in [5.41, 5.74) is 1.65. The predicted molar refractivity (Wildman–Crippen MR) is 74.8 cm³/mol. The van der Waals surface area contributed by atoms with Gasteiger partial charge in [0, 0.05) is 23.4 Å². The Hall–Kier alpha value is -1.39. The van der Waals surface area contributed by atoms with E-state index in [4.69, 9.17) is 11.6 Å². The van der Waals surface area contributed by atoms with Crippen LogP contribution in [-0.2, 0) is 6.54 Å². The highest BCUT2D eigenvalue weighted by Gasteiger charge is 2.11. The van der Waals surface area contributed by atoms with Crippen LogP contribution in [-0.4, -0.2) is 16.8 Å². The highest BCUT2D eigenvalue weighted by molar-refractivity contribution is 6.30. The van der Waals surface area contributed by atoms with Gasteiger partial charge in [-0.15, -0.1) is 0 Å². The second kappa shape index (κ2) is 6.17. The van der Waals surface area contributed by atoms with Crippen molar-refractivity contribution in [2.75, 3.05) is 7.05 Å². The third kappa shape index (κ3) is 3.14. The maximum absolute atomic E-state index is 13.8. The fraction of sp³-hybridized carbons (Fsp3) is 0.357. The number of hydrogen-bond donors (Lipinski definition) is 1. The Morgan fingerprint density at radius 3 is 2.95 bits per heavy atom. The van der Waals surface area contributed by atoms with Crippen molar-refractivity contribution in [3.05, 3.63) is 52.6 Å². The lowest BCUT2D eigenvalue weighted by molar-refractivity contribution is 0.572. The average molecular weight is 282 g/mol. The third-order valence-corrected chi connectivity index (χ3v) is 3.47. The molecule has 3 nitrogen and oxygen atoms in total. The molecule has 0 spiro atoms. The molecule has 1 atom stereocenters. The van der Waals surface area contributed by atoms with Gasteiger partial charge in [0.1, 0.15) is 5.82 Å². The van der Waals surface area contributed by atoms with Gasteiger partial charge in [-0.05, 0) is 19.5 Å². The van der Waals surface area contributed by atoms with Crippen molar-refractivity contribution in [3.63, 3.8) is 0 Å². The smallest absolute Gasteiger partial charge is 0.146 e. The van der Waals surface area contributed by atoms with Crippen LogP contribution < -0.4 is 5.32 Å². The summed E-state index contributed by atoms with van der Waals surface area (Å²) in [5, 5.41) is 7.63. The maximum atomic E-state index is 13.8. The molecule has 19 heavy (non-hydrogen) atoms. The van der Waals surface area contributed by atoms with E-state index in [-0.39, 0.29) is 16.9 Å². The molecule has 2 rings (SSSR count). The average Bonchev–Trinajstić information content (AvgIpc) is 2.85. The monoisotopic (exact) mass is 281 g/mol. The SMILES string of the molecule is CCC(NC)c1cnn(Cc2cccc(Cl)c2F)c1. The van der Waals surface area contributed by atoms with Gasteiger partial charge in [0.25, 0.3) is 0 Å². The summed E-state index contributed by atoms with van der Waals surface area (Å²) in [7, 11) is 1.92. The zero-order valence-electron chi connectivity index (χ0n) is 11.0. The lowest BCUT2D eigenvalue weighted by Crippen LogP contribution is -2.14. The van der Waals surface area contributed by atoms with Crippen molar-refractivity contribution >= 4 is 11.6 Å². The normalized spacial score (nSPS) is 12.6. The number of benzene rings is 1. The van der Waals surface area contributed by atoms with Crippen LogP contribution in [0.4, 0.5) is 4.39 Å². The van der Waals surface area contributed by atoms with Crippen LogP contribution in [0.1, 0.15) is 30.5 Å². The van der Waals surface area contributed by atoms with Gasteiger partial charge in [-0.2, -0.15) is 5.10 Å². The Kier molecular flexibility index (Phi) is 4.56. The van der Waals surface area contributed by atoms with Crippen LogP contribution in [0.25, 0.3) is 0 Å². The molecule has 2 aromatic rings. The number of hydrogen-bond acceptors (Lipinski definition) is 2. The molecule has 1 unspecified atom stereocenters. The lowest BCUT2D eigenvalue weighted by atomic mass is 10.1. The first kappa shape index (κ1) is 14.0. The second-order valence-electron chi connectivity index (χ2n) is 4.43. The Morgan fingerprint density at radius 2 is 2.26 bits per heavy atom. The van der Waals surface area contributed by atoms with Crippen molar-refractivity contribution < 1.29 is 4.39 Å². The molecule has 102 valence electrons. The molecule has 0 aliphatic carbocycles. The summed E-state index contributed by atoms with van der Waals surface area (Å²) in [6, 6.07) is 5.28. The predicted octanol–water partition coefficient (Wildman–Crippen LogP) is 3.39. The van der Waals surface area contributed by atoms with E-state index < -0.39 is 0 Å². The summed E-state index contributed by atoms with van der Waals surface area (Å²) in [5.74, 6) is -0.373. The van der Waals surface area contributed by atoms with Gasteiger partial charge in [0.15, 0.2) is 0 Å². The van der Waals surface area contributed by atoms with Crippen molar-refractivity contribution in [1.82, 2.24) is 15.1 Å². The zero-order valence-corrected chi connectivity index (χ0v) is 11.8. The van der Waals surface area contributed by atoms with Crippen LogP contribution in [0.5, 0.6) is 0 Å². The fourth-order valence-corrected chi connectivity index (χ4v) is 2.29. The van der Waals surface area contributed by atoms with Crippen molar-refractivity contribution in [1.29, 1.82) is 0 Å². The lowest BCUT2D eigenvalue weighted by Gasteiger charge is -2.10. The third-order valence-electron chi connectivity index (χ3n) is 3.18. The Morgan fingerprint density at radius 1 is 1.47 bits per heavy atom. The second-order valence-corrected chi connectivity index (χ2v) is 4.84. The Balaban J connectivity index is 2.18. The molecule has 0 bridgehead atoms. The molecule has 1 aromatic heterocycles. The Bertz CT molecular complexity index is 549. The molecule has 5 heteroatoms. The molecule has 1 N–H and O–H groups in total. The molecular weight excluding hydrogens is 265 g/mol. The molecule has 0 fully saturated rings. The number of rotatable bonds is 5. The molecular formula is C14H17ClFN3. The minimum Gasteiger partial charge on any atom is -0.313 e. The van der Waals surface area contributed by atoms with E-state index in [2.05, 4.69) is 17.3 Å². The topological polar surface area (TPSA) is 29.9 Å². The summed E-state index contributed by atoms with van der Waals surface area (Å²) in [6.45, 7) is 2.49. The van der Waals surface area contributed by atoms with E-state index in [9.17, 15) is 4.39 Å². The summed E-state index contributed by atoms with van der Waals surface area (Å²) >= 11 is 5.77. The molecule has 0 radical (unpaired) electrons. The quantitative estimate of drug-likeness (QED) is 0.910. The van der Waals surface area contributed by atoms with Crippen LogP contribution in [0.2, 0.25) is 5.02 Å². The minimum absolute atomic E-state index is 0.145. The van der Waals surface area contributed by atoms with Gasteiger partial charge < -0.3 is 5.32 Å². The molecule has 1 heterocycles. The van der Waals surface area contributed by atoms with Gasteiger partial charge in [0.05, 0.1) is 17.8 Å². The summed E-state index contributed by atoms with van der Waals surface area (Å²) < 4.78 is 15.5. The maximum Gasteiger partial charge on any atom is 0.146 e. The molecule has 0 saturated heterocycles. The number of aromatic nitrogens is 2. The van der Waals surface area contributed by atoms with E-state index >= 15 is 0 Å². The number of halogens is 2. The van der Waals surface area contributed by atoms with Gasteiger partial charge in [-0.1, -0.05) is 30.7 Å². The van der Waals surface area contributed by atoms with E-state index in [0.29, 0.717) is 12.1 Å². The van der Waals surface area contributed by atoms with Crippen LogP contribution in [0, 0.1) is 5.82 Å². The molecule has 1 aromatic carbocycles. The van der Waals surface area contributed by atoms with Gasteiger partial charge in [0.2, 0.25) is 0 Å². The first-order valence-corrected chi connectivity index (χ1v) is 6.66.